The van der Waals surface area contributed by atoms with Crippen LogP contribution in [0.25, 0.3) is 0 Å². The Labute approximate surface area is 106 Å². The van der Waals surface area contributed by atoms with Gasteiger partial charge in [-0.3, -0.25) is 4.79 Å². The Bertz CT molecular complexity index is 391. The summed E-state index contributed by atoms with van der Waals surface area (Å²) >= 11 is 1.33. The number of carbonyl (C=O) groups is 1. The van der Waals surface area contributed by atoms with Gasteiger partial charge in [-0.15, -0.1) is 11.3 Å². The molecule has 2 rings (SSSR count). The summed E-state index contributed by atoms with van der Waals surface area (Å²) in [5.41, 5.74) is 6.06. The maximum atomic E-state index is 12.2. The number of carbonyl (C=O) groups excluding carboxylic acids is 1. The van der Waals surface area contributed by atoms with Crippen molar-refractivity contribution >= 4 is 22.4 Å². The second-order valence-electron chi connectivity index (χ2n) is 4.57. The normalized spacial score (nSPS) is 21.2. The van der Waals surface area contributed by atoms with E-state index < -0.39 is 0 Å². The third kappa shape index (κ3) is 2.97. The first-order valence-corrected chi connectivity index (χ1v) is 7.09. The van der Waals surface area contributed by atoms with Gasteiger partial charge >= 0.3 is 0 Å². The molecule has 1 saturated heterocycles. The van der Waals surface area contributed by atoms with Crippen molar-refractivity contribution < 1.29 is 4.79 Å². The molecule has 17 heavy (non-hydrogen) atoms. The Morgan fingerprint density at radius 3 is 3.06 bits per heavy atom. The van der Waals surface area contributed by atoms with Crippen LogP contribution in [0.4, 0.5) is 5.13 Å². The fourth-order valence-corrected chi connectivity index (χ4v) is 2.86. The van der Waals surface area contributed by atoms with Gasteiger partial charge in [-0.05, 0) is 25.2 Å². The van der Waals surface area contributed by atoms with Crippen LogP contribution in [0.3, 0.4) is 0 Å². The molecular weight excluding hydrogens is 234 g/mol. The molecule has 2 N–H and O–H groups in total. The van der Waals surface area contributed by atoms with Crippen LogP contribution in [0.2, 0.25) is 0 Å². The lowest BCUT2D eigenvalue weighted by Crippen LogP contribution is -2.32. The fraction of sp³-hybridized carbons (Fsp3) is 0.667. The minimum absolute atomic E-state index is 0.0368. The van der Waals surface area contributed by atoms with Gasteiger partial charge in [0, 0.05) is 18.5 Å². The smallest absolute Gasteiger partial charge is 0.273 e. The summed E-state index contributed by atoms with van der Waals surface area (Å²) in [6.07, 6.45) is 4.66. The van der Waals surface area contributed by atoms with Crippen molar-refractivity contribution in [2.24, 2.45) is 5.92 Å². The summed E-state index contributed by atoms with van der Waals surface area (Å²) in [5.74, 6) is 0.808. The van der Waals surface area contributed by atoms with E-state index in [1.807, 2.05) is 4.90 Å². The number of thiazole rings is 1. The number of hydrogen-bond acceptors (Lipinski definition) is 4. The minimum atomic E-state index is 0.0368. The molecule has 2 heterocycles. The minimum Gasteiger partial charge on any atom is -0.375 e. The van der Waals surface area contributed by atoms with Crippen LogP contribution in [0.15, 0.2) is 5.38 Å². The van der Waals surface area contributed by atoms with Crippen molar-refractivity contribution in [3.8, 4) is 0 Å². The Morgan fingerprint density at radius 2 is 2.41 bits per heavy atom. The molecule has 1 atom stereocenters. The molecule has 1 aromatic heterocycles. The van der Waals surface area contributed by atoms with Crippen molar-refractivity contribution in [1.82, 2.24) is 9.88 Å². The molecule has 0 saturated carbocycles. The summed E-state index contributed by atoms with van der Waals surface area (Å²) in [6, 6.07) is 0. The highest BCUT2D eigenvalue weighted by Crippen LogP contribution is 2.22. The summed E-state index contributed by atoms with van der Waals surface area (Å²) in [5, 5.41) is 2.22. The Kier molecular flexibility index (Phi) is 3.99. The molecule has 1 fully saturated rings. The molecule has 1 aliphatic heterocycles. The van der Waals surface area contributed by atoms with Crippen LogP contribution in [-0.4, -0.2) is 28.9 Å². The SMILES string of the molecule is CCC1CCCN(C(=O)c2csc(N)n2)CC1. The molecule has 0 spiro atoms. The monoisotopic (exact) mass is 253 g/mol. The Balaban J connectivity index is 2.00. The number of likely N-dealkylation sites (tertiary alicyclic amines) is 1. The van der Waals surface area contributed by atoms with Crippen LogP contribution < -0.4 is 5.73 Å². The molecule has 94 valence electrons. The van der Waals surface area contributed by atoms with Crippen LogP contribution in [0.1, 0.15) is 43.1 Å². The average molecular weight is 253 g/mol. The van der Waals surface area contributed by atoms with Gasteiger partial charge in [0.15, 0.2) is 5.13 Å². The van der Waals surface area contributed by atoms with Gasteiger partial charge < -0.3 is 10.6 Å². The number of aromatic nitrogens is 1. The van der Waals surface area contributed by atoms with E-state index in [1.165, 1.54) is 24.2 Å². The largest absolute Gasteiger partial charge is 0.375 e. The van der Waals surface area contributed by atoms with E-state index >= 15 is 0 Å². The molecule has 0 aromatic carbocycles. The highest BCUT2D eigenvalue weighted by molar-refractivity contribution is 7.13. The molecule has 1 aliphatic rings. The number of rotatable bonds is 2. The number of nitrogen functional groups attached to an aromatic ring is 1. The zero-order valence-corrected chi connectivity index (χ0v) is 11.0. The number of nitrogens with two attached hydrogens (primary N) is 1. The fourth-order valence-electron chi connectivity index (χ4n) is 2.32. The standard InChI is InChI=1S/C12H19N3OS/c1-2-9-4-3-6-15(7-5-9)11(16)10-8-17-12(13)14-10/h8-9H,2-7H2,1H3,(H2,13,14). The van der Waals surface area contributed by atoms with E-state index in [-0.39, 0.29) is 5.91 Å². The van der Waals surface area contributed by atoms with Crippen LogP contribution in [-0.2, 0) is 0 Å². The van der Waals surface area contributed by atoms with Crippen LogP contribution in [0.5, 0.6) is 0 Å². The highest BCUT2D eigenvalue weighted by atomic mass is 32.1. The summed E-state index contributed by atoms with van der Waals surface area (Å²) in [4.78, 5) is 18.2. The van der Waals surface area contributed by atoms with Crippen molar-refractivity contribution in [3.05, 3.63) is 11.1 Å². The van der Waals surface area contributed by atoms with Crippen molar-refractivity contribution in [2.45, 2.75) is 32.6 Å². The van der Waals surface area contributed by atoms with Gasteiger partial charge in [0.25, 0.3) is 5.91 Å². The highest BCUT2D eigenvalue weighted by Gasteiger charge is 2.22. The number of amides is 1. The van der Waals surface area contributed by atoms with Gasteiger partial charge in [0.05, 0.1) is 0 Å². The van der Waals surface area contributed by atoms with Crippen LogP contribution in [0, 0.1) is 5.92 Å². The molecule has 0 aliphatic carbocycles. The Hall–Kier alpha value is -1.10. The van der Waals surface area contributed by atoms with E-state index in [4.69, 9.17) is 5.73 Å². The molecular formula is C12H19N3OS. The van der Waals surface area contributed by atoms with Gasteiger partial charge in [-0.2, -0.15) is 0 Å². The zero-order chi connectivity index (χ0) is 12.3. The number of hydrogen-bond donors (Lipinski definition) is 1. The molecule has 5 heteroatoms. The lowest BCUT2D eigenvalue weighted by Gasteiger charge is -2.19. The molecule has 0 radical (unpaired) electrons. The maximum Gasteiger partial charge on any atom is 0.273 e. The second-order valence-corrected chi connectivity index (χ2v) is 5.46. The topological polar surface area (TPSA) is 59.2 Å². The lowest BCUT2D eigenvalue weighted by atomic mass is 9.98. The third-order valence-electron chi connectivity index (χ3n) is 3.45. The van der Waals surface area contributed by atoms with E-state index in [9.17, 15) is 4.79 Å². The first-order valence-electron chi connectivity index (χ1n) is 6.21. The first kappa shape index (κ1) is 12.4. The number of nitrogens with zero attached hydrogens (tertiary/aromatic N) is 2. The van der Waals surface area contributed by atoms with E-state index in [0.717, 1.165) is 31.8 Å². The van der Waals surface area contributed by atoms with Crippen LogP contribution >= 0.6 is 11.3 Å². The van der Waals surface area contributed by atoms with E-state index in [2.05, 4.69) is 11.9 Å². The predicted octanol–water partition coefficient (Wildman–Crippen LogP) is 2.38. The maximum absolute atomic E-state index is 12.2. The molecule has 4 nitrogen and oxygen atoms in total. The summed E-state index contributed by atoms with van der Waals surface area (Å²) in [6.45, 7) is 3.94. The van der Waals surface area contributed by atoms with Crippen molar-refractivity contribution in [1.29, 1.82) is 0 Å². The average Bonchev–Trinajstić information content (AvgIpc) is 2.64. The van der Waals surface area contributed by atoms with Gasteiger partial charge in [-0.25, -0.2) is 4.98 Å². The third-order valence-corrected chi connectivity index (χ3v) is 4.13. The first-order chi connectivity index (χ1) is 8.20. The molecule has 1 unspecified atom stereocenters. The molecule has 1 aromatic rings. The van der Waals surface area contributed by atoms with Crippen molar-refractivity contribution in [3.63, 3.8) is 0 Å². The van der Waals surface area contributed by atoms with Crippen molar-refractivity contribution in [2.75, 3.05) is 18.8 Å². The predicted molar refractivity (Wildman–Crippen MR) is 70.1 cm³/mol. The van der Waals surface area contributed by atoms with Gasteiger partial charge in [-0.1, -0.05) is 13.3 Å². The summed E-state index contributed by atoms with van der Waals surface area (Å²) < 4.78 is 0. The second kappa shape index (κ2) is 5.49. The zero-order valence-electron chi connectivity index (χ0n) is 10.2. The lowest BCUT2D eigenvalue weighted by molar-refractivity contribution is 0.0755. The summed E-state index contributed by atoms with van der Waals surface area (Å²) in [7, 11) is 0. The Morgan fingerprint density at radius 1 is 1.59 bits per heavy atom. The van der Waals surface area contributed by atoms with Gasteiger partial charge in [0.2, 0.25) is 0 Å². The molecule has 0 bridgehead atoms. The number of anilines is 1. The van der Waals surface area contributed by atoms with E-state index in [0.29, 0.717) is 10.8 Å². The quantitative estimate of drug-likeness (QED) is 0.880. The van der Waals surface area contributed by atoms with Gasteiger partial charge in [0.1, 0.15) is 5.69 Å². The molecule has 1 amide bonds. The van der Waals surface area contributed by atoms with E-state index in [1.54, 1.807) is 5.38 Å².